The molecular weight excluding hydrogens is 925 g/mol. The Kier molecular flexibility index (Phi) is 14.6. The largest absolute Gasteiger partial charge is 0.180 e. The first-order valence-corrected chi connectivity index (χ1v) is 28.2. The Hall–Kier alpha value is -7.79. The van der Waals surface area contributed by atoms with Crippen LogP contribution in [0, 0.1) is 0 Å². The van der Waals surface area contributed by atoms with E-state index in [0.29, 0.717) is 5.25 Å². The molecule has 0 radical (unpaired) electrons. The molecule has 0 fully saturated rings. The molecule has 72 heavy (non-hydrogen) atoms. The van der Waals surface area contributed by atoms with Gasteiger partial charge in [0, 0.05) is 22.6 Å². The third-order valence-corrected chi connectivity index (χ3v) is 19.9. The predicted molar refractivity (Wildman–Crippen MR) is 308 cm³/mol. The molecular formula is C69H53S3+3. The molecule has 0 aromatic heterocycles. The van der Waals surface area contributed by atoms with Crippen molar-refractivity contribution in [3.05, 3.63) is 327 Å². The van der Waals surface area contributed by atoms with Crippen LogP contribution >= 0.6 is 0 Å². The van der Waals surface area contributed by atoms with Crippen LogP contribution in [0.25, 0.3) is 32.7 Å². The SMILES string of the molecule is c1ccc([S+](c2ccccc2)C2c3ccccc3-c3ccccc32)cc1.c1ccc([S+](c2ccccc2)c2ccc3ccccc3c2)cc1.c1ccc([S+](c2ccccc2)c2cccc3ccccc23)cc1. The number of hydrogen-bond acceptors (Lipinski definition) is 0. The fourth-order valence-corrected chi connectivity index (χ4v) is 16.6. The third-order valence-electron chi connectivity index (χ3n) is 12.8. The van der Waals surface area contributed by atoms with Crippen LogP contribution in [0.1, 0.15) is 16.4 Å². The van der Waals surface area contributed by atoms with Crippen molar-refractivity contribution in [3.63, 3.8) is 0 Å². The summed E-state index contributed by atoms with van der Waals surface area (Å²) in [4.78, 5) is 11.0. The summed E-state index contributed by atoms with van der Waals surface area (Å²) in [6.07, 6.45) is 0. The van der Waals surface area contributed by atoms with E-state index in [1.165, 1.54) is 83.0 Å². The van der Waals surface area contributed by atoms with Crippen LogP contribution in [0.3, 0.4) is 0 Å². The molecule has 1 aliphatic rings. The molecule has 0 amide bonds. The zero-order chi connectivity index (χ0) is 48.3. The number of hydrogen-bond donors (Lipinski definition) is 0. The first-order chi connectivity index (χ1) is 35.8. The molecule has 0 unspecified atom stereocenters. The molecule has 13 rings (SSSR count). The average Bonchev–Trinajstić information content (AvgIpc) is 3.79. The highest BCUT2D eigenvalue weighted by molar-refractivity contribution is 7.98. The fourth-order valence-electron chi connectivity index (χ4n) is 9.60. The van der Waals surface area contributed by atoms with Crippen LogP contribution in [0.15, 0.2) is 355 Å². The third kappa shape index (κ3) is 10.2. The van der Waals surface area contributed by atoms with Gasteiger partial charge in [-0.3, -0.25) is 0 Å². The molecule has 3 heteroatoms. The Labute approximate surface area is 433 Å². The van der Waals surface area contributed by atoms with E-state index < -0.39 is 0 Å². The molecule has 12 aromatic carbocycles. The minimum absolute atomic E-state index is 0.0493. The van der Waals surface area contributed by atoms with Crippen molar-refractivity contribution in [2.45, 2.75) is 44.4 Å². The van der Waals surface area contributed by atoms with Gasteiger partial charge >= 0.3 is 0 Å². The van der Waals surface area contributed by atoms with Crippen molar-refractivity contribution < 1.29 is 0 Å². The van der Waals surface area contributed by atoms with Crippen LogP contribution in [-0.4, -0.2) is 0 Å². The molecule has 0 nitrogen and oxygen atoms in total. The second-order valence-electron chi connectivity index (χ2n) is 17.4. The molecule has 0 saturated carbocycles. The Morgan fingerprint density at radius 1 is 0.222 bits per heavy atom. The van der Waals surface area contributed by atoms with Gasteiger partial charge in [-0.1, -0.05) is 212 Å². The normalized spacial score (nSPS) is 11.7. The summed E-state index contributed by atoms with van der Waals surface area (Å²) in [5, 5.41) is 5.60. The molecule has 12 aromatic rings. The lowest BCUT2D eigenvalue weighted by Crippen LogP contribution is -2.14. The van der Waals surface area contributed by atoms with Crippen molar-refractivity contribution in [1.29, 1.82) is 0 Å². The van der Waals surface area contributed by atoms with Crippen LogP contribution in [0.5, 0.6) is 0 Å². The topological polar surface area (TPSA) is 0 Å². The summed E-state index contributed by atoms with van der Waals surface area (Å²) in [5.41, 5.74) is 5.67. The van der Waals surface area contributed by atoms with Crippen molar-refractivity contribution in [1.82, 2.24) is 0 Å². The van der Waals surface area contributed by atoms with Crippen molar-refractivity contribution in [2.24, 2.45) is 0 Å². The Bertz CT molecular complexity index is 3470. The molecule has 0 spiro atoms. The van der Waals surface area contributed by atoms with Crippen molar-refractivity contribution >= 4 is 54.2 Å². The number of fused-ring (bicyclic) bond motifs is 5. The number of rotatable bonds is 9. The highest BCUT2D eigenvalue weighted by Crippen LogP contribution is 2.52. The smallest absolute Gasteiger partial charge is 0.0619 e. The maximum Gasteiger partial charge on any atom is 0.180 e. The summed E-state index contributed by atoms with van der Waals surface area (Å²) in [7, 11) is -0.209. The Morgan fingerprint density at radius 3 is 1.07 bits per heavy atom. The second-order valence-corrected chi connectivity index (χ2v) is 23.5. The summed E-state index contributed by atoms with van der Waals surface area (Å²) in [6, 6.07) is 114. The van der Waals surface area contributed by atoms with E-state index in [9.17, 15) is 0 Å². The molecule has 0 N–H and O–H groups in total. The summed E-state index contributed by atoms with van der Waals surface area (Å²) < 4.78 is 0. The zero-order valence-electron chi connectivity index (χ0n) is 39.8. The minimum atomic E-state index is -0.0892. The van der Waals surface area contributed by atoms with Gasteiger partial charge in [0.15, 0.2) is 44.4 Å². The molecule has 0 saturated heterocycles. The lowest BCUT2D eigenvalue weighted by atomic mass is 10.1. The summed E-state index contributed by atoms with van der Waals surface area (Å²) >= 11 is 0. The number of benzene rings is 12. The van der Waals surface area contributed by atoms with E-state index in [4.69, 9.17) is 0 Å². The van der Waals surface area contributed by atoms with Gasteiger partial charge in [0.1, 0.15) is 0 Å². The van der Waals surface area contributed by atoms with Crippen LogP contribution in [0.4, 0.5) is 0 Å². The second kappa shape index (κ2) is 22.5. The van der Waals surface area contributed by atoms with Crippen LogP contribution < -0.4 is 0 Å². The maximum atomic E-state index is 2.33. The molecule has 0 bridgehead atoms. The van der Waals surface area contributed by atoms with Gasteiger partial charge in [-0.2, -0.15) is 0 Å². The van der Waals surface area contributed by atoms with E-state index in [1.807, 2.05) is 0 Å². The molecule has 344 valence electrons. The monoisotopic (exact) mass is 977 g/mol. The van der Waals surface area contributed by atoms with Crippen molar-refractivity contribution in [3.8, 4) is 11.1 Å². The first-order valence-electron chi connectivity index (χ1n) is 24.5. The van der Waals surface area contributed by atoms with Gasteiger partial charge in [0.25, 0.3) is 0 Å². The fraction of sp³-hybridized carbons (Fsp3) is 0.0145. The van der Waals surface area contributed by atoms with E-state index in [-0.39, 0.29) is 32.7 Å². The van der Waals surface area contributed by atoms with Crippen LogP contribution in [-0.2, 0) is 32.7 Å². The van der Waals surface area contributed by atoms with Gasteiger partial charge < -0.3 is 0 Å². The van der Waals surface area contributed by atoms with E-state index >= 15 is 0 Å². The summed E-state index contributed by atoms with van der Waals surface area (Å²) in [6.45, 7) is 0. The lowest BCUT2D eigenvalue weighted by Gasteiger charge is -2.17. The van der Waals surface area contributed by atoms with Crippen molar-refractivity contribution in [2.75, 3.05) is 0 Å². The highest BCUT2D eigenvalue weighted by Gasteiger charge is 2.44. The van der Waals surface area contributed by atoms with Gasteiger partial charge in [-0.25, -0.2) is 0 Å². The molecule has 0 aliphatic heterocycles. The Morgan fingerprint density at radius 2 is 0.583 bits per heavy atom. The standard InChI is InChI=1S/C25H19S.2C22H17S/c1-3-11-19(12-4-1)26(20-13-5-2-6-14-20)25-23-17-9-7-15-21(23)22-16-8-10-18-24(22)25;1-3-12-19(13-4-1)23(20-14-5-2-6-15-20)22-17-9-11-18-10-7-8-16-21(18)22;1-3-11-20(12-4-1)23(21-13-5-2-6-14-21)22-16-15-18-9-7-8-10-19(18)17-22/h1-18,25H;2*1-17H/q3*+1. The predicted octanol–water partition coefficient (Wildman–Crippen LogP) is 18.4. The zero-order valence-corrected chi connectivity index (χ0v) is 42.3. The molecule has 0 atom stereocenters. The molecule has 0 heterocycles. The highest BCUT2D eigenvalue weighted by atomic mass is 32.2. The quantitative estimate of drug-likeness (QED) is 0.126. The average molecular weight is 978 g/mol. The first kappa shape index (κ1) is 46.6. The van der Waals surface area contributed by atoms with Gasteiger partial charge in [-0.05, 0) is 124 Å². The van der Waals surface area contributed by atoms with Gasteiger partial charge in [-0.15, -0.1) is 0 Å². The van der Waals surface area contributed by atoms with E-state index in [2.05, 4.69) is 315 Å². The Balaban J connectivity index is 0.000000117. The van der Waals surface area contributed by atoms with E-state index in [0.717, 1.165) is 0 Å². The van der Waals surface area contributed by atoms with E-state index in [1.54, 1.807) is 0 Å². The minimum Gasteiger partial charge on any atom is -0.0619 e. The van der Waals surface area contributed by atoms with Gasteiger partial charge in [0.05, 0.1) is 32.7 Å². The van der Waals surface area contributed by atoms with Gasteiger partial charge in [0.2, 0.25) is 0 Å². The maximum absolute atomic E-state index is 2.33. The lowest BCUT2D eigenvalue weighted by molar-refractivity contribution is 1.17. The molecule has 1 aliphatic carbocycles. The van der Waals surface area contributed by atoms with Crippen LogP contribution in [0.2, 0.25) is 0 Å². The summed E-state index contributed by atoms with van der Waals surface area (Å²) in [5.74, 6) is 0.